The average Bonchev–Trinajstić information content (AvgIpc) is 2.75. The van der Waals surface area contributed by atoms with Crippen LogP contribution in [0.4, 0.5) is 13.2 Å². The van der Waals surface area contributed by atoms with E-state index >= 15 is 0 Å². The Morgan fingerprint density at radius 1 is 1.35 bits per heavy atom. The number of nitrogen functional groups attached to an aromatic ring is 1. The number of halogens is 3. The van der Waals surface area contributed by atoms with E-state index in [-0.39, 0.29) is 11.4 Å². The van der Waals surface area contributed by atoms with Gasteiger partial charge in [-0.25, -0.2) is 4.68 Å². The lowest BCUT2D eigenvalue weighted by Gasteiger charge is -2.12. The lowest BCUT2D eigenvalue weighted by atomic mass is 10.1. The Bertz CT molecular complexity index is 672. The zero-order valence-corrected chi connectivity index (χ0v) is 10.8. The molecule has 20 heavy (non-hydrogen) atoms. The Morgan fingerprint density at radius 2 is 2.00 bits per heavy atom. The van der Waals surface area contributed by atoms with E-state index in [0.29, 0.717) is 17.1 Å². The van der Waals surface area contributed by atoms with E-state index in [1.165, 1.54) is 12.3 Å². The minimum atomic E-state index is -4.52. The van der Waals surface area contributed by atoms with Crippen molar-refractivity contribution in [3.8, 4) is 5.69 Å². The maximum Gasteiger partial charge on any atom is 0.435 e. The lowest BCUT2D eigenvalue weighted by Crippen LogP contribution is -2.18. The van der Waals surface area contributed by atoms with Crippen molar-refractivity contribution in [1.82, 2.24) is 14.8 Å². The second-order valence-electron chi connectivity index (χ2n) is 4.30. The highest BCUT2D eigenvalue weighted by atomic mass is 19.4. The summed E-state index contributed by atoms with van der Waals surface area (Å²) in [5.74, 6) is -0.269. The Balaban J connectivity index is 2.63. The number of nitrogens with zero attached hydrogens (tertiary/aromatic N) is 3. The summed E-state index contributed by atoms with van der Waals surface area (Å²) in [6, 6.07) is 2.41. The molecule has 0 aliphatic carbocycles. The molecule has 2 rings (SSSR count). The molecule has 0 aliphatic rings. The fourth-order valence-corrected chi connectivity index (χ4v) is 1.93. The number of amidine groups is 1. The van der Waals surface area contributed by atoms with Gasteiger partial charge in [0, 0.05) is 11.9 Å². The van der Waals surface area contributed by atoms with Gasteiger partial charge in [0.2, 0.25) is 0 Å². The fraction of sp³-hybridized carbons (Fsp3) is 0.250. The Kier molecular flexibility index (Phi) is 3.24. The van der Waals surface area contributed by atoms with Crippen LogP contribution in [0.5, 0.6) is 0 Å². The Labute approximate surface area is 112 Å². The largest absolute Gasteiger partial charge is 0.435 e. The van der Waals surface area contributed by atoms with Crippen molar-refractivity contribution in [3.05, 3.63) is 41.0 Å². The maximum atomic E-state index is 12.6. The highest BCUT2D eigenvalue weighted by Crippen LogP contribution is 2.28. The van der Waals surface area contributed by atoms with Crippen LogP contribution >= 0.6 is 0 Å². The molecule has 0 unspecified atom stereocenters. The molecule has 0 aliphatic heterocycles. The smallest absolute Gasteiger partial charge is 0.384 e. The number of nitrogens with two attached hydrogens (primary N) is 1. The molecule has 0 aromatic carbocycles. The van der Waals surface area contributed by atoms with E-state index < -0.39 is 11.9 Å². The number of alkyl halides is 3. The van der Waals surface area contributed by atoms with Gasteiger partial charge >= 0.3 is 6.18 Å². The summed E-state index contributed by atoms with van der Waals surface area (Å²) in [6.07, 6.45) is -3.33. The van der Waals surface area contributed by atoms with Gasteiger partial charge in [0.05, 0.1) is 16.9 Å². The van der Waals surface area contributed by atoms with Gasteiger partial charge in [0.15, 0.2) is 5.69 Å². The molecule has 0 fully saturated rings. The molecule has 0 spiro atoms. The van der Waals surface area contributed by atoms with Crippen molar-refractivity contribution in [2.45, 2.75) is 20.0 Å². The van der Waals surface area contributed by atoms with Crippen molar-refractivity contribution < 1.29 is 13.2 Å². The van der Waals surface area contributed by atoms with Gasteiger partial charge in [-0.05, 0) is 26.0 Å². The van der Waals surface area contributed by atoms with Crippen LogP contribution in [-0.2, 0) is 6.18 Å². The van der Waals surface area contributed by atoms with Crippen LogP contribution in [-0.4, -0.2) is 20.6 Å². The summed E-state index contributed by atoms with van der Waals surface area (Å²) < 4.78 is 38.8. The molecule has 0 radical (unpaired) electrons. The van der Waals surface area contributed by atoms with Crippen LogP contribution in [0, 0.1) is 19.3 Å². The van der Waals surface area contributed by atoms with E-state index in [2.05, 4.69) is 10.1 Å². The van der Waals surface area contributed by atoms with Gasteiger partial charge in [0.1, 0.15) is 5.84 Å². The van der Waals surface area contributed by atoms with Gasteiger partial charge in [-0.1, -0.05) is 0 Å². The van der Waals surface area contributed by atoms with Gasteiger partial charge in [0.25, 0.3) is 0 Å². The molecule has 2 aromatic heterocycles. The first-order valence-electron chi connectivity index (χ1n) is 5.66. The Morgan fingerprint density at radius 3 is 2.50 bits per heavy atom. The van der Waals surface area contributed by atoms with Crippen molar-refractivity contribution in [1.29, 1.82) is 5.41 Å². The highest BCUT2D eigenvalue weighted by Gasteiger charge is 2.33. The normalized spacial score (nSPS) is 11.7. The van der Waals surface area contributed by atoms with Crippen LogP contribution in [0.1, 0.15) is 22.6 Å². The molecule has 0 bridgehead atoms. The Hall–Kier alpha value is -2.38. The molecule has 0 atom stereocenters. The first-order chi connectivity index (χ1) is 9.20. The molecule has 2 heterocycles. The molecule has 0 amide bonds. The number of pyridine rings is 1. The summed E-state index contributed by atoms with van der Waals surface area (Å²) in [6.45, 7) is 3.34. The summed E-state index contributed by atoms with van der Waals surface area (Å²) in [4.78, 5) is 4.15. The predicted octanol–water partition coefficient (Wildman–Crippen LogP) is 2.19. The molecule has 5 nitrogen and oxygen atoms in total. The number of nitrogens with one attached hydrogen (secondary N) is 1. The summed E-state index contributed by atoms with van der Waals surface area (Å²) >= 11 is 0. The lowest BCUT2D eigenvalue weighted by molar-refractivity contribution is -0.141. The van der Waals surface area contributed by atoms with E-state index in [4.69, 9.17) is 11.1 Å². The number of rotatable bonds is 2. The molecular formula is C12H12F3N5. The summed E-state index contributed by atoms with van der Waals surface area (Å²) in [5, 5.41) is 11.0. The fourth-order valence-electron chi connectivity index (χ4n) is 1.93. The van der Waals surface area contributed by atoms with Crippen LogP contribution in [0.25, 0.3) is 5.69 Å². The number of aromatic nitrogens is 3. The molecule has 8 heteroatoms. The second kappa shape index (κ2) is 4.62. The molecule has 0 saturated carbocycles. The predicted molar refractivity (Wildman–Crippen MR) is 66.9 cm³/mol. The van der Waals surface area contributed by atoms with E-state index in [1.807, 2.05) is 0 Å². The van der Waals surface area contributed by atoms with Gasteiger partial charge < -0.3 is 5.73 Å². The second-order valence-corrected chi connectivity index (χ2v) is 4.30. The van der Waals surface area contributed by atoms with Crippen molar-refractivity contribution in [3.63, 3.8) is 0 Å². The van der Waals surface area contributed by atoms with Gasteiger partial charge in [-0.3, -0.25) is 10.4 Å². The summed E-state index contributed by atoms with van der Waals surface area (Å²) in [7, 11) is 0. The topological polar surface area (TPSA) is 80.6 Å². The van der Waals surface area contributed by atoms with Crippen molar-refractivity contribution in [2.24, 2.45) is 5.73 Å². The molecule has 3 N–H and O–H groups in total. The summed E-state index contributed by atoms with van der Waals surface area (Å²) in [5.41, 5.74) is 6.12. The van der Waals surface area contributed by atoms with Crippen molar-refractivity contribution >= 4 is 5.84 Å². The quantitative estimate of drug-likeness (QED) is 0.655. The first kappa shape index (κ1) is 14.0. The first-order valence-corrected chi connectivity index (χ1v) is 5.66. The number of hydrogen-bond acceptors (Lipinski definition) is 3. The third kappa shape index (κ3) is 2.49. The van der Waals surface area contributed by atoms with E-state index in [1.54, 1.807) is 13.8 Å². The SMILES string of the molecule is Cc1cc(-n2ccc(C(F)(F)F)n2)c(C(=N)N)c(C)n1. The van der Waals surface area contributed by atoms with Crippen molar-refractivity contribution in [2.75, 3.05) is 0 Å². The van der Waals surface area contributed by atoms with E-state index in [9.17, 15) is 13.2 Å². The maximum absolute atomic E-state index is 12.6. The zero-order chi connectivity index (χ0) is 15.1. The molecule has 106 valence electrons. The minimum Gasteiger partial charge on any atom is -0.384 e. The minimum absolute atomic E-state index is 0.269. The van der Waals surface area contributed by atoms with Crippen LogP contribution in [0.3, 0.4) is 0 Å². The van der Waals surface area contributed by atoms with E-state index in [0.717, 1.165) is 10.7 Å². The van der Waals surface area contributed by atoms with Crippen LogP contribution < -0.4 is 5.73 Å². The highest BCUT2D eigenvalue weighted by molar-refractivity contribution is 5.99. The zero-order valence-electron chi connectivity index (χ0n) is 10.8. The monoisotopic (exact) mass is 283 g/mol. The van der Waals surface area contributed by atoms with Crippen LogP contribution in [0.2, 0.25) is 0 Å². The number of aryl methyl sites for hydroxylation is 2. The molecular weight excluding hydrogens is 271 g/mol. The number of hydrogen-bond donors (Lipinski definition) is 2. The van der Waals surface area contributed by atoms with Gasteiger partial charge in [-0.2, -0.15) is 18.3 Å². The van der Waals surface area contributed by atoms with Crippen LogP contribution in [0.15, 0.2) is 18.3 Å². The average molecular weight is 283 g/mol. The molecule has 0 saturated heterocycles. The third-order valence-electron chi connectivity index (χ3n) is 2.70. The third-order valence-corrected chi connectivity index (χ3v) is 2.70. The molecule has 2 aromatic rings. The standard InChI is InChI=1S/C12H12F3N5/c1-6-5-8(10(11(16)17)7(2)18-6)20-4-3-9(19-20)12(13,14)15/h3-5H,1-2H3,(H3,16,17). The van der Waals surface area contributed by atoms with Gasteiger partial charge in [-0.15, -0.1) is 0 Å².